The number of methoxy groups -OCH3 is 1. The lowest BCUT2D eigenvalue weighted by atomic mass is 10.2. The Morgan fingerprint density at radius 1 is 1.19 bits per heavy atom. The van der Waals surface area contributed by atoms with Gasteiger partial charge in [-0.3, -0.25) is 14.2 Å². The standard InChI is InChI=1S/C17H19N5O4/c1-20-10-19-15-14(20)16(24)22(17(25)21(15)2)9-13(23)18-8-11-4-6-12(26-3)7-5-11/h4-7,10H,8-9H2,1-3H3,(H,18,23). The topological polar surface area (TPSA) is 100 Å². The molecule has 0 aliphatic carbocycles. The number of hydrogen-bond donors (Lipinski definition) is 1. The first-order valence-corrected chi connectivity index (χ1v) is 7.93. The Labute approximate surface area is 148 Å². The number of nitrogens with one attached hydrogen (secondary N) is 1. The van der Waals surface area contributed by atoms with Gasteiger partial charge in [-0.2, -0.15) is 0 Å². The van der Waals surface area contributed by atoms with E-state index in [2.05, 4.69) is 10.3 Å². The number of hydrogen-bond acceptors (Lipinski definition) is 5. The van der Waals surface area contributed by atoms with Gasteiger partial charge in [-0.15, -0.1) is 0 Å². The summed E-state index contributed by atoms with van der Waals surface area (Å²) in [5.74, 6) is 0.293. The largest absolute Gasteiger partial charge is 0.497 e. The van der Waals surface area contributed by atoms with Crippen molar-refractivity contribution in [2.75, 3.05) is 7.11 Å². The summed E-state index contributed by atoms with van der Waals surface area (Å²) < 4.78 is 8.78. The number of nitrogens with zero attached hydrogens (tertiary/aromatic N) is 4. The van der Waals surface area contributed by atoms with Gasteiger partial charge >= 0.3 is 5.69 Å². The van der Waals surface area contributed by atoms with Crippen LogP contribution in [0, 0.1) is 0 Å². The number of aryl methyl sites for hydroxylation is 2. The van der Waals surface area contributed by atoms with Gasteiger partial charge < -0.3 is 14.6 Å². The predicted molar refractivity (Wildman–Crippen MR) is 95.1 cm³/mol. The minimum Gasteiger partial charge on any atom is -0.497 e. The van der Waals surface area contributed by atoms with Crippen molar-refractivity contribution >= 4 is 17.1 Å². The molecule has 0 radical (unpaired) electrons. The van der Waals surface area contributed by atoms with Gasteiger partial charge in [-0.1, -0.05) is 12.1 Å². The number of imidazole rings is 1. The summed E-state index contributed by atoms with van der Waals surface area (Å²) in [4.78, 5) is 41.2. The van der Waals surface area contributed by atoms with Crippen LogP contribution in [0.1, 0.15) is 5.56 Å². The van der Waals surface area contributed by atoms with Gasteiger partial charge in [0.1, 0.15) is 12.3 Å². The molecule has 136 valence electrons. The van der Waals surface area contributed by atoms with Gasteiger partial charge in [-0.05, 0) is 17.7 Å². The lowest BCUT2D eigenvalue weighted by Crippen LogP contribution is -2.43. The molecule has 0 unspecified atom stereocenters. The minimum atomic E-state index is -0.583. The first-order chi connectivity index (χ1) is 12.4. The molecule has 1 aromatic carbocycles. The molecule has 3 aromatic rings. The molecule has 0 saturated carbocycles. The monoisotopic (exact) mass is 357 g/mol. The molecule has 0 bridgehead atoms. The Hall–Kier alpha value is -3.36. The average molecular weight is 357 g/mol. The highest BCUT2D eigenvalue weighted by Gasteiger charge is 2.16. The lowest BCUT2D eigenvalue weighted by Gasteiger charge is -2.09. The van der Waals surface area contributed by atoms with Crippen molar-refractivity contribution in [3.63, 3.8) is 0 Å². The van der Waals surface area contributed by atoms with Crippen molar-refractivity contribution in [1.82, 2.24) is 24.0 Å². The Morgan fingerprint density at radius 3 is 2.54 bits per heavy atom. The molecule has 0 aliphatic heterocycles. The van der Waals surface area contributed by atoms with E-state index in [4.69, 9.17) is 4.74 Å². The number of rotatable bonds is 5. The third-order valence-electron chi connectivity index (χ3n) is 4.15. The van der Waals surface area contributed by atoms with Crippen molar-refractivity contribution in [2.24, 2.45) is 14.1 Å². The molecule has 0 atom stereocenters. The van der Waals surface area contributed by atoms with Gasteiger partial charge in [0.2, 0.25) is 5.91 Å². The van der Waals surface area contributed by atoms with Crippen LogP contribution >= 0.6 is 0 Å². The SMILES string of the molecule is COc1ccc(CNC(=O)Cn2c(=O)c3c(ncn3C)n(C)c2=O)cc1. The number of carbonyl (C=O) groups excluding carboxylic acids is 1. The Bertz CT molecular complexity index is 1080. The molecule has 1 amide bonds. The van der Waals surface area contributed by atoms with Gasteiger partial charge in [0.05, 0.1) is 13.4 Å². The van der Waals surface area contributed by atoms with E-state index in [0.717, 1.165) is 15.9 Å². The normalized spacial score (nSPS) is 10.9. The molecule has 3 rings (SSSR count). The number of ether oxygens (including phenoxy) is 1. The van der Waals surface area contributed by atoms with E-state index >= 15 is 0 Å². The number of amides is 1. The van der Waals surface area contributed by atoms with E-state index in [-0.39, 0.29) is 24.3 Å². The van der Waals surface area contributed by atoms with Crippen LogP contribution in [0.25, 0.3) is 11.2 Å². The van der Waals surface area contributed by atoms with Crippen LogP contribution in [-0.4, -0.2) is 31.7 Å². The smallest absolute Gasteiger partial charge is 0.332 e. The van der Waals surface area contributed by atoms with Crippen LogP contribution in [0.2, 0.25) is 0 Å². The molecule has 0 spiro atoms. The molecule has 2 aromatic heterocycles. The van der Waals surface area contributed by atoms with E-state index in [1.54, 1.807) is 26.3 Å². The number of carbonyl (C=O) groups is 1. The lowest BCUT2D eigenvalue weighted by molar-refractivity contribution is -0.121. The van der Waals surface area contributed by atoms with Crippen LogP contribution in [0.3, 0.4) is 0 Å². The van der Waals surface area contributed by atoms with Crippen molar-refractivity contribution in [3.8, 4) is 5.75 Å². The highest BCUT2D eigenvalue weighted by molar-refractivity contribution is 5.76. The molecule has 0 saturated heterocycles. The quantitative estimate of drug-likeness (QED) is 0.679. The fourth-order valence-electron chi connectivity index (χ4n) is 2.68. The van der Waals surface area contributed by atoms with Gasteiger partial charge in [0, 0.05) is 20.6 Å². The zero-order chi connectivity index (χ0) is 18.8. The highest BCUT2D eigenvalue weighted by atomic mass is 16.5. The number of aromatic nitrogens is 4. The van der Waals surface area contributed by atoms with Gasteiger partial charge in [0.25, 0.3) is 5.56 Å². The van der Waals surface area contributed by atoms with E-state index < -0.39 is 17.2 Å². The van der Waals surface area contributed by atoms with E-state index in [1.807, 2.05) is 12.1 Å². The molecular formula is C17H19N5O4. The highest BCUT2D eigenvalue weighted by Crippen LogP contribution is 2.10. The van der Waals surface area contributed by atoms with Crippen molar-refractivity contribution in [3.05, 3.63) is 57.0 Å². The summed E-state index contributed by atoms with van der Waals surface area (Å²) in [6, 6.07) is 7.23. The van der Waals surface area contributed by atoms with E-state index in [0.29, 0.717) is 0 Å². The maximum Gasteiger partial charge on any atom is 0.332 e. The molecular weight excluding hydrogens is 338 g/mol. The molecule has 9 nitrogen and oxygen atoms in total. The van der Waals surface area contributed by atoms with Crippen molar-refractivity contribution < 1.29 is 9.53 Å². The third-order valence-corrected chi connectivity index (χ3v) is 4.15. The van der Waals surface area contributed by atoms with Gasteiger partial charge in [-0.25, -0.2) is 14.3 Å². The average Bonchev–Trinajstić information content (AvgIpc) is 3.04. The van der Waals surface area contributed by atoms with E-state index in [1.165, 1.54) is 22.5 Å². The predicted octanol–water partition coefficient (Wildman–Crippen LogP) is -0.241. The fourth-order valence-corrected chi connectivity index (χ4v) is 2.68. The first kappa shape index (κ1) is 17.5. The Kier molecular flexibility index (Phi) is 4.61. The van der Waals surface area contributed by atoms with Crippen LogP contribution < -0.4 is 21.3 Å². The number of benzene rings is 1. The van der Waals surface area contributed by atoms with Crippen molar-refractivity contribution in [1.29, 1.82) is 0 Å². The van der Waals surface area contributed by atoms with E-state index in [9.17, 15) is 14.4 Å². The summed E-state index contributed by atoms with van der Waals surface area (Å²) >= 11 is 0. The second-order valence-corrected chi connectivity index (χ2v) is 5.89. The maximum absolute atomic E-state index is 12.6. The molecule has 9 heteroatoms. The minimum absolute atomic E-state index is 0.273. The summed E-state index contributed by atoms with van der Waals surface area (Å²) in [6.07, 6.45) is 1.46. The van der Waals surface area contributed by atoms with Crippen LogP contribution in [-0.2, 0) is 32.0 Å². The summed E-state index contributed by atoms with van der Waals surface area (Å²) in [5, 5.41) is 2.71. The second kappa shape index (κ2) is 6.87. The summed E-state index contributed by atoms with van der Waals surface area (Å²) in [6.45, 7) is -0.0748. The zero-order valence-corrected chi connectivity index (χ0v) is 14.7. The van der Waals surface area contributed by atoms with Crippen LogP contribution in [0.15, 0.2) is 40.2 Å². The molecule has 0 fully saturated rings. The van der Waals surface area contributed by atoms with Crippen LogP contribution in [0.5, 0.6) is 5.75 Å². The zero-order valence-electron chi connectivity index (χ0n) is 14.7. The first-order valence-electron chi connectivity index (χ1n) is 7.93. The molecule has 2 heterocycles. The maximum atomic E-state index is 12.6. The third kappa shape index (κ3) is 3.10. The van der Waals surface area contributed by atoms with Crippen LogP contribution in [0.4, 0.5) is 0 Å². The number of fused-ring (bicyclic) bond motifs is 1. The molecule has 26 heavy (non-hydrogen) atoms. The Morgan fingerprint density at radius 2 is 1.88 bits per heavy atom. The summed E-state index contributed by atoms with van der Waals surface area (Å²) in [7, 11) is 4.76. The molecule has 0 aliphatic rings. The second-order valence-electron chi connectivity index (χ2n) is 5.89. The molecule has 1 N–H and O–H groups in total. The van der Waals surface area contributed by atoms with Gasteiger partial charge in [0.15, 0.2) is 11.2 Å². The fraction of sp³-hybridized carbons (Fsp3) is 0.294. The Balaban J connectivity index is 1.80. The summed E-state index contributed by atoms with van der Waals surface area (Å²) in [5.41, 5.74) is 0.317. The van der Waals surface area contributed by atoms with Crippen molar-refractivity contribution in [2.45, 2.75) is 13.1 Å².